The van der Waals surface area contributed by atoms with Gasteiger partial charge in [0.1, 0.15) is 0 Å². The smallest absolute Gasteiger partial charge is 0.00407 e. The molecule has 1 heteroatoms. The van der Waals surface area contributed by atoms with Gasteiger partial charge in [-0.2, -0.15) is 0 Å². The molecule has 2 aliphatic rings. The zero-order valence-electron chi connectivity index (χ0n) is 6.93. The number of hydrogen-bond acceptors (Lipinski definition) is 1. The number of hydrogen-bond donors (Lipinski definition) is 1. The lowest BCUT2D eigenvalue weighted by atomic mass is 10.1. The SMILES string of the molecule is CC1(C)C(CN)C1C1CC1. The fourth-order valence-electron chi connectivity index (χ4n) is 2.63. The average Bonchev–Trinajstić information content (AvgIpc) is 2.65. The second-order valence-corrected chi connectivity index (χ2v) is 4.53. The molecule has 2 N–H and O–H groups in total. The molecule has 0 aromatic carbocycles. The van der Waals surface area contributed by atoms with Crippen molar-refractivity contribution in [3.05, 3.63) is 0 Å². The summed E-state index contributed by atoms with van der Waals surface area (Å²) in [6.07, 6.45) is 2.95. The van der Waals surface area contributed by atoms with Crippen LogP contribution in [0.3, 0.4) is 0 Å². The molecule has 0 aromatic rings. The maximum absolute atomic E-state index is 5.67. The van der Waals surface area contributed by atoms with E-state index in [4.69, 9.17) is 5.73 Å². The Morgan fingerprint density at radius 3 is 2.30 bits per heavy atom. The monoisotopic (exact) mass is 139 g/mol. The van der Waals surface area contributed by atoms with E-state index in [1.807, 2.05) is 0 Å². The maximum atomic E-state index is 5.67. The predicted octanol–water partition coefficient (Wildman–Crippen LogP) is 1.63. The van der Waals surface area contributed by atoms with Gasteiger partial charge in [0.15, 0.2) is 0 Å². The van der Waals surface area contributed by atoms with Crippen LogP contribution in [0.15, 0.2) is 0 Å². The van der Waals surface area contributed by atoms with Crippen molar-refractivity contribution in [1.82, 2.24) is 0 Å². The van der Waals surface area contributed by atoms with Crippen LogP contribution in [0.4, 0.5) is 0 Å². The van der Waals surface area contributed by atoms with Crippen molar-refractivity contribution < 1.29 is 0 Å². The maximum Gasteiger partial charge on any atom is -0.00407 e. The largest absolute Gasteiger partial charge is 0.330 e. The van der Waals surface area contributed by atoms with Gasteiger partial charge in [-0.15, -0.1) is 0 Å². The first-order valence-corrected chi connectivity index (χ1v) is 4.38. The number of rotatable bonds is 2. The molecule has 0 heterocycles. The molecule has 1 nitrogen and oxygen atoms in total. The molecule has 0 amide bonds. The summed E-state index contributed by atoms with van der Waals surface area (Å²) in [5.41, 5.74) is 6.26. The molecule has 10 heavy (non-hydrogen) atoms. The van der Waals surface area contributed by atoms with Crippen LogP contribution in [0.1, 0.15) is 26.7 Å². The fraction of sp³-hybridized carbons (Fsp3) is 1.00. The van der Waals surface area contributed by atoms with E-state index < -0.39 is 0 Å². The summed E-state index contributed by atoms with van der Waals surface area (Å²) in [5, 5.41) is 0. The molecule has 2 rings (SSSR count). The minimum Gasteiger partial charge on any atom is -0.330 e. The van der Waals surface area contributed by atoms with Crippen LogP contribution in [-0.4, -0.2) is 6.54 Å². The molecule has 2 saturated carbocycles. The standard InChI is InChI=1S/C9H17N/c1-9(2)7(5-10)8(9)6-3-4-6/h6-8H,3-5,10H2,1-2H3. The molecular formula is C9H17N. The second kappa shape index (κ2) is 1.76. The van der Waals surface area contributed by atoms with Crippen LogP contribution in [-0.2, 0) is 0 Å². The predicted molar refractivity (Wildman–Crippen MR) is 42.5 cm³/mol. The highest BCUT2D eigenvalue weighted by molar-refractivity contribution is 5.10. The third kappa shape index (κ3) is 0.731. The summed E-state index contributed by atoms with van der Waals surface area (Å²) in [5.74, 6) is 2.89. The zero-order valence-corrected chi connectivity index (χ0v) is 6.93. The van der Waals surface area contributed by atoms with Gasteiger partial charge in [-0.3, -0.25) is 0 Å². The van der Waals surface area contributed by atoms with Gasteiger partial charge in [0.2, 0.25) is 0 Å². The lowest BCUT2D eigenvalue weighted by Crippen LogP contribution is -2.05. The molecule has 2 atom stereocenters. The van der Waals surface area contributed by atoms with E-state index in [-0.39, 0.29) is 0 Å². The fourth-order valence-corrected chi connectivity index (χ4v) is 2.63. The highest BCUT2D eigenvalue weighted by atomic mass is 14.7. The van der Waals surface area contributed by atoms with Gasteiger partial charge in [-0.1, -0.05) is 13.8 Å². The normalized spacial score (nSPS) is 43.5. The summed E-state index contributed by atoms with van der Waals surface area (Å²) in [6, 6.07) is 0. The van der Waals surface area contributed by atoms with Crippen LogP contribution in [0.5, 0.6) is 0 Å². The molecule has 0 bridgehead atoms. The first kappa shape index (κ1) is 6.66. The Hall–Kier alpha value is -0.0400. The molecule has 0 saturated heterocycles. The van der Waals surface area contributed by atoms with Crippen molar-refractivity contribution in [3.63, 3.8) is 0 Å². The first-order valence-electron chi connectivity index (χ1n) is 4.38. The van der Waals surface area contributed by atoms with Crippen molar-refractivity contribution in [1.29, 1.82) is 0 Å². The van der Waals surface area contributed by atoms with E-state index in [2.05, 4.69) is 13.8 Å². The molecule has 2 unspecified atom stereocenters. The molecule has 0 aromatic heterocycles. The van der Waals surface area contributed by atoms with Crippen LogP contribution >= 0.6 is 0 Å². The average molecular weight is 139 g/mol. The Morgan fingerprint density at radius 2 is 2.00 bits per heavy atom. The molecule has 0 spiro atoms. The molecule has 0 radical (unpaired) electrons. The van der Waals surface area contributed by atoms with Crippen LogP contribution < -0.4 is 5.73 Å². The van der Waals surface area contributed by atoms with Crippen LogP contribution in [0.25, 0.3) is 0 Å². The van der Waals surface area contributed by atoms with E-state index in [1.165, 1.54) is 12.8 Å². The molecule has 2 aliphatic carbocycles. The Morgan fingerprint density at radius 1 is 1.40 bits per heavy atom. The minimum absolute atomic E-state index is 0.593. The highest BCUT2D eigenvalue weighted by Gasteiger charge is 2.61. The molecular weight excluding hydrogens is 122 g/mol. The Bertz CT molecular complexity index is 147. The van der Waals surface area contributed by atoms with Crippen LogP contribution in [0.2, 0.25) is 0 Å². The van der Waals surface area contributed by atoms with Crippen molar-refractivity contribution in [2.75, 3.05) is 6.54 Å². The van der Waals surface area contributed by atoms with Gasteiger partial charge in [0, 0.05) is 0 Å². The van der Waals surface area contributed by atoms with Gasteiger partial charge in [0.25, 0.3) is 0 Å². The topological polar surface area (TPSA) is 26.0 Å². The summed E-state index contributed by atoms with van der Waals surface area (Å²) in [6.45, 7) is 5.65. The van der Waals surface area contributed by atoms with Gasteiger partial charge in [-0.25, -0.2) is 0 Å². The van der Waals surface area contributed by atoms with Gasteiger partial charge in [-0.05, 0) is 42.6 Å². The summed E-state index contributed by atoms with van der Waals surface area (Å²) in [4.78, 5) is 0. The van der Waals surface area contributed by atoms with Gasteiger partial charge >= 0.3 is 0 Å². The second-order valence-electron chi connectivity index (χ2n) is 4.53. The van der Waals surface area contributed by atoms with Crippen molar-refractivity contribution in [3.8, 4) is 0 Å². The van der Waals surface area contributed by atoms with E-state index in [9.17, 15) is 0 Å². The van der Waals surface area contributed by atoms with Gasteiger partial charge < -0.3 is 5.73 Å². The van der Waals surface area contributed by atoms with Crippen molar-refractivity contribution >= 4 is 0 Å². The molecule has 2 fully saturated rings. The minimum atomic E-state index is 0.593. The number of nitrogens with two attached hydrogens (primary N) is 1. The highest BCUT2D eigenvalue weighted by Crippen LogP contribution is 2.66. The van der Waals surface area contributed by atoms with E-state index in [1.54, 1.807) is 0 Å². The summed E-state index contributed by atoms with van der Waals surface area (Å²) in [7, 11) is 0. The zero-order chi connectivity index (χ0) is 7.35. The Labute approximate surface area is 63.0 Å². The molecule has 58 valence electrons. The van der Waals surface area contributed by atoms with Crippen molar-refractivity contribution in [2.45, 2.75) is 26.7 Å². The lowest BCUT2D eigenvalue weighted by molar-refractivity contribution is 0.512. The third-order valence-corrected chi connectivity index (χ3v) is 3.52. The first-order chi connectivity index (χ1) is 4.68. The van der Waals surface area contributed by atoms with Gasteiger partial charge in [0.05, 0.1) is 0 Å². The van der Waals surface area contributed by atoms with Crippen molar-refractivity contribution in [2.24, 2.45) is 28.9 Å². The summed E-state index contributed by atoms with van der Waals surface area (Å²) < 4.78 is 0. The lowest BCUT2D eigenvalue weighted by Gasteiger charge is -1.98. The van der Waals surface area contributed by atoms with Crippen LogP contribution in [0, 0.1) is 23.2 Å². The Balaban J connectivity index is 2.00. The summed E-state index contributed by atoms with van der Waals surface area (Å²) >= 11 is 0. The van der Waals surface area contributed by atoms with E-state index >= 15 is 0 Å². The quantitative estimate of drug-likeness (QED) is 0.618. The van der Waals surface area contributed by atoms with E-state index in [0.717, 1.165) is 24.3 Å². The third-order valence-electron chi connectivity index (χ3n) is 3.52. The Kier molecular flexibility index (Phi) is 1.17. The molecule has 0 aliphatic heterocycles. The van der Waals surface area contributed by atoms with E-state index in [0.29, 0.717) is 5.41 Å².